The average Bonchev–Trinajstić information content (AvgIpc) is 3.34. The van der Waals surface area contributed by atoms with Gasteiger partial charge in [0.15, 0.2) is 0 Å². The zero-order chi connectivity index (χ0) is 24.6. The van der Waals surface area contributed by atoms with Gasteiger partial charge in [0.1, 0.15) is 33.8 Å². The summed E-state index contributed by atoms with van der Waals surface area (Å²) < 4.78 is 28.2. The molecule has 34 heavy (non-hydrogen) atoms. The maximum absolute atomic E-state index is 13.5. The Kier molecular flexibility index (Phi) is 6.03. The van der Waals surface area contributed by atoms with E-state index in [4.69, 9.17) is 5.73 Å². The summed E-state index contributed by atoms with van der Waals surface area (Å²) in [5.74, 6) is -1.53. The lowest BCUT2D eigenvalue weighted by Crippen LogP contribution is -2.22. The van der Waals surface area contributed by atoms with E-state index in [0.29, 0.717) is 11.1 Å². The zero-order valence-electron chi connectivity index (χ0n) is 17.5. The molecule has 3 aromatic heterocycles. The van der Waals surface area contributed by atoms with E-state index in [1.165, 1.54) is 13.0 Å². The van der Waals surface area contributed by atoms with Crippen molar-refractivity contribution in [2.45, 2.75) is 19.9 Å². The number of hydrogen-bond acceptors (Lipinski definition) is 7. The maximum atomic E-state index is 13.5. The van der Waals surface area contributed by atoms with Crippen LogP contribution in [0.2, 0.25) is 0 Å². The van der Waals surface area contributed by atoms with Crippen molar-refractivity contribution in [1.82, 2.24) is 14.8 Å². The van der Waals surface area contributed by atoms with Crippen LogP contribution in [0.25, 0.3) is 21.3 Å². The lowest BCUT2D eigenvalue weighted by molar-refractivity contribution is -0.385. The summed E-state index contributed by atoms with van der Waals surface area (Å²) in [5.41, 5.74) is 5.88. The normalized spacial score (nSPS) is 11.2. The van der Waals surface area contributed by atoms with Crippen LogP contribution in [0.3, 0.4) is 0 Å². The molecule has 4 aromatic rings. The van der Waals surface area contributed by atoms with Crippen molar-refractivity contribution < 1.29 is 23.3 Å². The highest BCUT2D eigenvalue weighted by Gasteiger charge is 2.25. The van der Waals surface area contributed by atoms with Crippen LogP contribution in [0.4, 0.5) is 20.2 Å². The predicted molar refractivity (Wildman–Crippen MR) is 121 cm³/mol. The van der Waals surface area contributed by atoms with Crippen LogP contribution in [0.5, 0.6) is 0 Å². The first kappa shape index (κ1) is 22.9. The smallest absolute Gasteiger partial charge is 0.309 e. The number of nitrogens with zero attached hydrogens (tertiary/aromatic N) is 4. The van der Waals surface area contributed by atoms with E-state index >= 15 is 0 Å². The molecule has 3 heterocycles. The molecule has 0 aliphatic heterocycles. The summed E-state index contributed by atoms with van der Waals surface area (Å²) in [5, 5.41) is 17.8. The molecule has 0 saturated carbocycles. The van der Waals surface area contributed by atoms with Gasteiger partial charge < -0.3 is 11.1 Å². The van der Waals surface area contributed by atoms with Crippen molar-refractivity contribution in [2.24, 2.45) is 5.73 Å². The van der Waals surface area contributed by atoms with Crippen molar-refractivity contribution in [2.75, 3.05) is 5.32 Å². The minimum Gasteiger partial charge on any atom is -0.365 e. The molecule has 0 spiro atoms. The molecule has 0 fully saturated rings. The van der Waals surface area contributed by atoms with Gasteiger partial charge in [-0.3, -0.25) is 24.4 Å². The summed E-state index contributed by atoms with van der Waals surface area (Å²) in [7, 11) is 0. The number of pyridine rings is 1. The Bertz CT molecular complexity index is 1430. The molecule has 0 unspecified atom stereocenters. The highest BCUT2D eigenvalue weighted by atomic mass is 32.1. The first-order chi connectivity index (χ1) is 16.2. The fraction of sp³-hybridized carbons (Fsp3) is 0.143. The van der Waals surface area contributed by atoms with Crippen molar-refractivity contribution in [3.05, 3.63) is 69.0 Å². The molecule has 0 aliphatic carbocycles. The fourth-order valence-corrected chi connectivity index (χ4v) is 4.47. The number of rotatable bonds is 7. The lowest BCUT2D eigenvalue weighted by atomic mass is 10.0. The molecular weight excluding hydrogens is 470 g/mol. The molecule has 1 aromatic carbocycles. The Morgan fingerprint density at radius 3 is 2.59 bits per heavy atom. The Morgan fingerprint density at radius 1 is 1.29 bits per heavy atom. The van der Waals surface area contributed by atoms with Gasteiger partial charge in [-0.15, -0.1) is 11.3 Å². The van der Waals surface area contributed by atoms with Gasteiger partial charge >= 0.3 is 5.69 Å². The van der Waals surface area contributed by atoms with Crippen LogP contribution >= 0.6 is 11.3 Å². The monoisotopic (exact) mass is 486 g/mol. The largest absolute Gasteiger partial charge is 0.365 e. The molecule has 174 valence electrons. The number of halogens is 2. The second-order valence-corrected chi connectivity index (χ2v) is 8.19. The van der Waals surface area contributed by atoms with Gasteiger partial charge in [-0.25, -0.2) is 13.8 Å². The highest BCUT2D eigenvalue weighted by Crippen LogP contribution is 2.42. The minimum absolute atomic E-state index is 0.0315. The Balaban J connectivity index is 1.83. The number of alkyl halides is 2. The first-order valence-corrected chi connectivity index (χ1v) is 10.6. The molecule has 0 bridgehead atoms. The summed E-state index contributed by atoms with van der Waals surface area (Å²) in [6.07, 6.45) is -1.83. The van der Waals surface area contributed by atoms with Gasteiger partial charge in [0.05, 0.1) is 10.6 Å². The van der Waals surface area contributed by atoms with Crippen molar-refractivity contribution in [3.63, 3.8) is 0 Å². The van der Waals surface area contributed by atoms with E-state index in [0.717, 1.165) is 22.2 Å². The van der Waals surface area contributed by atoms with Gasteiger partial charge in [-0.05, 0) is 24.1 Å². The summed E-state index contributed by atoms with van der Waals surface area (Å²) >= 11 is 0.786. The van der Waals surface area contributed by atoms with Crippen molar-refractivity contribution >= 4 is 44.7 Å². The maximum Gasteiger partial charge on any atom is 0.309 e. The number of carbonyl (C=O) groups excluding carboxylic acids is 2. The number of anilines is 1. The van der Waals surface area contributed by atoms with Gasteiger partial charge in [0, 0.05) is 5.39 Å². The number of primary amides is 1. The quantitative estimate of drug-likeness (QED) is 0.298. The molecule has 2 amide bonds. The predicted octanol–water partition coefficient (Wildman–Crippen LogP) is 4.05. The van der Waals surface area contributed by atoms with E-state index in [9.17, 15) is 28.5 Å². The Hall–Kier alpha value is -4.26. The third kappa shape index (κ3) is 4.20. The number of benzene rings is 1. The minimum atomic E-state index is -2.86. The summed E-state index contributed by atoms with van der Waals surface area (Å²) in [6.45, 7) is 1.05. The van der Waals surface area contributed by atoms with E-state index in [1.54, 1.807) is 30.3 Å². The van der Waals surface area contributed by atoms with E-state index in [-0.39, 0.29) is 32.2 Å². The van der Waals surface area contributed by atoms with Crippen LogP contribution in [-0.2, 0) is 11.3 Å². The van der Waals surface area contributed by atoms with Crippen LogP contribution in [0.15, 0.2) is 42.6 Å². The van der Waals surface area contributed by atoms with E-state index < -0.39 is 35.4 Å². The van der Waals surface area contributed by atoms with Gasteiger partial charge in [-0.1, -0.05) is 30.3 Å². The van der Waals surface area contributed by atoms with Crippen LogP contribution in [-0.4, -0.2) is 31.5 Å². The summed E-state index contributed by atoms with van der Waals surface area (Å²) in [6, 6.07) is 9.80. The average molecular weight is 486 g/mol. The Labute approximate surface area is 194 Å². The van der Waals surface area contributed by atoms with Crippen molar-refractivity contribution in [1.29, 1.82) is 0 Å². The number of amides is 2. The molecule has 0 aliphatic rings. The molecule has 0 radical (unpaired) electrons. The molecule has 4 rings (SSSR count). The van der Waals surface area contributed by atoms with E-state index in [1.807, 2.05) is 0 Å². The molecule has 0 atom stereocenters. The standard InChI is InChI=1S/C21H16F2N6O4S/c1-10-14(29(32)33)8-25-28(10)9-15(30)27-17-16-12(11-5-3-2-4-6-11)7-13(19(22)23)26-21(16)34-18(17)20(24)31/h2-8,19H,9H2,1H3,(H2,24,31)(H,27,30). The number of carbonyl (C=O) groups is 2. The van der Waals surface area contributed by atoms with Crippen LogP contribution in [0, 0.1) is 17.0 Å². The number of fused-ring (bicyclic) bond motifs is 1. The third-order valence-corrected chi connectivity index (χ3v) is 6.14. The Morgan fingerprint density at radius 2 is 2.00 bits per heavy atom. The molecular formula is C21H16F2N6O4S. The lowest BCUT2D eigenvalue weighted by Gasteiger charge is -2.11. The summed E-state index contributed by atoms with van der Waals surface area (Å²) in [4.78, 5) is 39.4. The number of thiophene rings is 1. The van der Waals surface area contributed by atoms with Gasteiger partial charge in [0.25, 0.3) is 12.3 Å². The van der Waals surface area contributed by atoms with Gasteiger partial charge in [-0.2, -0.15) is 5.10 Å². The molecule has 3 N–H and O–H groups in total. The number of hydrogen-bond donors (Lipinski definition) is 2. The van der Waals surface area contributed by atoms with Crippen molar-refractivity contribution in [3.8, 4) is 11.1 Å². The third-order valence-electron chi connectivity index (χ3n) is 5.05. The fourth-order valence-electron chi connectivity index (χ4n) is 3.46. The number of nitro groups is 1. The van der Waals surface area contributed by atoms with Crippen LogP contribution in [0.1, 0.15) is 27.5 Å². The topological polar surface area (TPSA) is 146 Å². The number of nitrogens with two attached hydrogens (primary N) is 1. The van der Waals surface area contributed by atoms with E-state index in [2.05, 4.69) is 15.4 Å². The highest BCUT2D eigenvalue weighted by molar-refractivity contribution is 7.21. The SMILES string of the molecule is Cc1c([N+](=O)[O-])cnn1CC(=O)Nc1c(C(N)=O)sc2nc(C(F)F)cc(-c3ccccc3)c12. The van der Waals surface area contributed by atoms with Gasteiger partial charge in [0.2, 0.25) is 5.91 Å². The number of aromatic nitrogens is 3. The number of nitrogens with one attached hydrogen (secondary N) is 1. The molecule has 10 nitrogen and oxygen atoms in total. The molecule has 0 saturated heterocycles. The molecule has 13 heteroatoms. The first-order valence-electron chi connectivity index (χ1n) is 9.74. The second-order valence-electron chi connectivity index (χ2n) is 7.19. The zero-order valence-corrected chi connectivity index (χ0v) is 18.3. The van der Waals surface area contributed by atoms with Crippen LogP contribution < -0.4 is 11.1 Å². The second kappa shape index (κ2) is 8.94.